The zero-order chi connectivity index (χ0) is 13.0. The van der Waals surface area contributed by atoms with Crippen LogP contribution in [0.2, 0.25) is 0 Å². The lowest BCUT2D eigenvalue weighted by atomic mass is 10.3. The number of hydrogen-bond donors (Lipinski definition) is 3. The molecule has 0 aromatic heterocycles. The molecule has 0 aliphatic heterocycles. The average Bonchev–Trinajstić information content (AvgIpc) is 2.12. The van der Waals surface area contributed by atoms with Crippen molar-refractivity contribution >= 4 is 25.7 Å². The van der Waals surface area contributed by atoms with Gasteiger partial charge in [-0.15, -0.1) is 0 Å². The molecule has 0 fully saturated rings. The summed E-state index contributed by atoms with van der Waals surface area (Å²) in [6.45, 7) is 1.37. The van der Waals surface area contributed by atoms with E-state index in [9.17, 15) is 16.8 Å². The van der Waals surface area contributed by atoms with E-state index in [-0.39, 0.29) is 5.84 Å². The molecule has 96 valence electrons. The Morgan fingerprint density at radius 2 is 1.88 bits per heavy atom. The second kappa shape index (κ2) is 5.46. The lowest BCUT2D eigenvalue weighted by Crippen LogP contribution is -2.44. The van der Waals surface area contributed by atoms with Gasteiger partial charge in [0.05, 0.1) is 17.5 Å². The highest BCUT2D eigenvalue weighted by Gasteiger charge is 2.19. The van der Waals surface area contributed by atoms with Crippen molar-refractivity contribution in [3.8, 4) is 0 Å². The molecule has 0 radical (unpaired) electrons. The van der Waals surface area contributed by atoms with Gasteiger partial charge in [0.1, 0.15) is 9.84 Å². The van der Waals surface area contributed by atoms with Gasteiger partial charge in [-0.2, -0.15) is 0 Å². The first-order valence-corrected chi connectivity index (χ1v) is 7.94. The summed E-state index contributed by atoms with van der Waals surface area (Å²) in [6.07, 6.45) is 0.940. The monoisotopic (exact) mass is 273 g/mol. The molecule has 0 rings (SSSR count). The topological polar surface area (TPSA) is 139 Å². The molecule has 4 N–H and O–H groups in total. The maximum atomic E-state index is 11.3. The summed E-state index contributed by atoms with van der Waals surface area (Å²) in [7, 11) is -7.12. The van der Waals surface area contributed by atoms with Gasteiger partial charge in [-0.1, -0.05) is 5.16 Å². The summed E-state index contributed by atoms with van der Waals surface area (Å²) in [5, 5.41) is 10.9. The predicted molar refractivity (Wildman–Crippen MR) is 59.5 cm³/mol. The van der Waals surface area contributed by atoms with Gasteiger partial charge in [0.2, 0.25) is 10.0 Å². The number of nitrogens with one attached hydrogen (secondary N) is 1. The Hall–Kier alpha value is -0.870. The van der Waals surface area contributed by atoms with E-state index in [0.717, 1.165) is 6.26 Å². The third kappa shape index (κ3) is 6.58. The SMILES string of the molecule is CC(NS(=O)(=O)CCS(C)(=O)=O)C(N)=NO. The van der Waals surface area contributed by atoms with E-state index < -0.39 is 37.4 Å². The van der Waals surface area contributed by atoms with Crippen LogP contribution in [0.5, 0.6) is 0 Å². The van der Waals surface area contributed by atoms with Gasteiger partial charge in [-0.05, 0) is 6.92 Å². The third-order valence-electron chi connectivity index (χ3n) is 1.64. The first-order valence-electron chi connectivity index (χ1n) is 4.22. The van der Waals surface area contributed by atoms with Gasteiger partial charge in [0.15, 0.2) is 5.84 Å². The van der Waals surface area contributed by atoms with Crippen molar-refractivity contribution in [2.24, 2.45) is 10.9 Å². The van der Waals surface area contributed by atoms with Crippen LogP contribution in [0.15, 0.2) is 5.16 Å². The molecule has 0 amide bonds. The molecule has 10 heteroatoms. The van der Waals surface area contributed by atoms with Crippen LogP contribution in [0.3, 0.4) is 0 Å². The average molecular weight is 273 g/mol. The fraction of sp³-hybridized carbons (Fsp3) is 0.833. The van der Waals surface area contributed by atoms with E-state index in [0.29, 0.717) is 0 Å². The van der Waals surface area contributed by atoms with Gasteiger partial charge >= 0.3 is 0 Å². The number of nitrogens with two attached hydrogens (primary N) is 1. The van der Waals surface area contributed by atoms with Crippen LogP contribution in [-0.4, -0.2) is 51.7 Å². The maximum absolute atomic E-state index is 11.3. The summed E-state index contributed by atoms with van der Waals surface area (Å²) in [5.74, 6) is -1.34. The van der Waals surface area contributed by atoms with Gasteiger partial charge in [0, 0.05) is 6.26 Å². The normalized spacial score (nSPS) is 16.0. The molecule has 1 atom stereocenters. The summed E-state index contributed by atoms with van der Waals surface area (Å²) < 4.78 is 46.3. The quantitative estimate of drug-likeness (QED) is 0.223. The predicted octanol–water partition coefficient (Wildman–Crippen LogP) is -1.91. The Kier molecular flexibility index (Phi) is 5.16. The van der Waals surface area contributed by atoms with E-state index in [2.05, 4.69) is 9.88 Å². The highest BCUT2D eigenvalue weighted by Crippen LogP contribution is 1.93. The molecule has 0 aliphatic carbocycles. The Morgan fingerprint density at radius 1 is 1.38 bits per heavy atom. The van der Waals surface area contributed by atoms with Crippen LogP contribution in [0.4, 0.5) is 0 Å². The molecule has 0 saturated carbocycles. The fourth-order valence-electron chi connectivity index (χ4n) is 0.736. The van der Waals surface area contributed by atoms with Crippen LogP contribution in [0.1, 0.15) is 6.92 Å². The minimum atomic E-state index is -3.77. The zero-order valence-electron chi connectivity index (χ0n) is 8.91. The molecule has 0 bridgehead atoms. The van der Waals surface area contributed by atoms with Crippen LogP contribution in [0.25, 0.3) is 0 Å². The molecule has 0 aliphatic rings. The van der Waals surface area contributed by atoms with E-state index >= 15 is 0 Å². The van der Waals surface area contributed by atoms with Crippen molar-refractivity contribution < 1.29 is 22.0 Å². The fourth-order valence-corrected chi connectivity index (χ4v) is 3.60. The standard InChI is InChI=1S/C6H15N3O5S2/c1-5(6(7)8-10)9-16(13,14)4-3-15(2,11)12/h5,9-10H,3-4H2,1-2H3,(H2,7,8). The van der Waals surface area contributed by atoms with Crippen molar-refractivity contribution in [2.45, 2.75) is 13.0 Å². The Labute approximate surface area is 94.5 Å². The Balaban J connectivity index is 4.49. The van der Waals surface area contributed by atoms with Crippen LogP contribution in [-0.2, 0) is 19.9 Å². The van der Waals surface area contributed by atoms with Gasteiger partial charge < -0.3 is 10.9 Å². The highest BCUT2D eigenvalue weighted by atomic mass is 32.2. The van der Waals surface area contributed by atoms with Crippen LogP contribution in [0, 0.1) is 0 Å². The van der Waals surface area contributed by atoms with E-state index in [1.54, 1.807) is 0 Å². The third-order valence-corrected chi connectivity index (χ3v) is 4.30. The Morgan fingerprint density at radius 3 is 2.25 bits per heavy atom. The largest absolute Gasteiger partial charge is 0.409 e. The van der Waals surface area contributed by atoms with E-state index in [4.69, 9.17) is 10.9 Å². The number of sulfonamides is 1. The van der Waals surface area contributed by atoms with Crippen molar-refractivity contribution in [3.05, 3.63) is 0 Å². The van der Waals surface area contributed by atoms with Crippen molar-refractivity contribution in [2.75, 3.05) is 17.8 Å². The molecule has 16 heavy (non-hydrogen) atoms. The van der Waals surface area contributed by atoms with E-state index in [1.165, 1.54) is 6.92 Å². The number of amidine groups is 1. The molecule has 0 aromatic carbocycles. The Bertz CT molecular complexity index is 453. The molecule has 1 unspecified atom stereocenters. The number of oxime groups is 1. The smallest absolute Gasteiger partial charge is 0.213 e. The molecule has 8 nitrogen and oxygen atoms in total. The number of rotatable bonds is 6. The maximum Gasteiger partial charge on any atom is 0.213 e. The molecular formula is C6H15N3O5S2. The number of hydrogen-bond acceptors (Lipinski definition) is 6. The van der Waals surface area contributed by atoms with Gasteiger partial charge in [0.25, 0.3) is 0 Å². The number of sulfone groups is 1. The first kappa shape index (κ1) is 15.1. The van der Waals surface area contributed by atoms with Crippen LogP contribution >= 0.6 is 0 Å². The summed E-state index contributed by atoms with van der Waals surface area (Å²) >= 11 is 0. The van der Waals surface area contributed by atoms with Crippen molar-refractivity contribution in [3.63, 3.8) is 0 Å². The lowest BCUT2D eigenvalue weighted by Gasteiger charge is -2.12. The van der Waals surface area contributed by atoms with Gasteiger partial charge in [-0.25, -0.2) is 21.6 Å². The molecule has 0 spiro atoms. The van der Waals surface area contributed by atoms with E-state index in [1.807, 2.05) is 0 Å². The van der Waals surface area contributed by atoms with Crippen molar-refractivity contribution in [1.29, 1.82) is 0 Å². The second-order valence-electron chi connectivity index (χ2n) is 3.31. The summed E-state index contributed by atoms with van der Waals surface area (Å²) in [5.41, 5.74) is 5.16. The molecular weight excluding hydrogens is 258 g/mol. The molecule has 0 saturated heterocycles. The van der Waals surface area contributed by atoms with Crippen molar-refractivity contribution in [1.82, 2.24) is 4.72 Å². The second-order valence-corrected chi connectivity index (χ2v) is 7.45. The highest BCUT2D eigenvalue weighted by molar-refractivity contribution is 7.93. The minimum Gasteiger partial charge on any atom is -0.409 e. The van der Waals surface area contributed by atoms with Crippen LogP contribution < -0.4 is 10.5 Å². The summed E-state index contributed by atoms with van der Waals surface area (Å²) in [4.78, 5) is 0. The molecule has 0 heterocycles. The van der Waals surface area contributed by atoms with Gasteiger partial charge in [-0.3, -0.25) is 0 Å². The first-order chi connectivity index (χ1) is 7.07. The lowest BCUT2D eigenvalue weighted by molar-refractivity contribution is 0.316. The molecule has 0 aromatic rings. The number of nitrogens with zero attached hydrogens (tertiary/aromatic N) is 1. The summed E-state index contributed by atoms with van der Waals surface area (Å²) in [6, 6.07) is -0.894. The minimum absolute atomic E-state index is 0.303. The zero-order valence-corrected chi connectivity index (χ0v) is 10.5.